The quantitative estimate of drug-likeness (QED) is 0.672. The van der Waals surface area contributed by atoms with E-state index in [0.717, 1.165) is 17.5 Å². The number of nitrogens with zero attached hydrogens (tertiary/aromatic N) is 5. The Labute approximate surface area is 98.6 Å². The standard InChI is InChI=1S/C9H14N6S/c1-5-10-6-7(11-5)12-9(16-4)13-8(6)14-15(2)3/h6H,1-4H3,(H,10,11,12,13,14). The van der Waals surface area contributed by atoms with Crippen molar-refractivity contribution in [1.29, 1.82) is 0 Å². The molecule has 7 heteroatoms. The number of fused-ring (bicyclic) bond motifs is 1. The third-order valence-corrected chi connectivity index (χ3v) is 2.59. The zero-order valence-corrected chi connectivity index (χ0v) is 10.5. The van der Waals surface area contributed by atoms with Crippen LogP contribution in [0, 0.1) is 0 Å². The fraction of sp³-hybridized carbons (Fsp3) is 0.556. The van der Waals surface area contributed by atoms with Gasteiger partial charge in [-0.05, 0) is 13.2 Å². The summed E-state index contributed by atoms with van der Waals surface area (Å²) in [6.07, 6.45) is 1.94. The van der Waals surface area contributed by atoms with Crippen LogP contribution in [0.2, 0.25) is 0 Å². The van der Waals surface area contributed by atoms with Crippen LogP contribution in [0.3, 0.4) is 0 Å². The van der Waals surface area contributed by atoms with Crippen molar-refractivity contribution >= 4 is 34.4 Å². The largest absolute Gasteiger partial charge is 0.305 e. The van der Waals surface area contributed by atoms with Gasteiger partial charge in [0.15, 0.2) is 22.9 Å². The molecule has 2 heterocycles. The number of rotatable bonds is 1. The summed E-state index contributed by atoms with van der Waals surface area (Å²) in [4.78, 5) is 17.4. The molecule has 1 N–H and O–H groups in total. The van der Waals surface area contributed by atoms with E-state index in [9.17, 15) is 0 Å². The fourth-order valence-corrected chi connectivity index (χ4v) is 1.84. The van der Waals surface area contributed by atoms with Crippen LogP contribution in [0.15, 0.2) is 20.0 Å². The summed E-state index contributed by atoms with van der Waals surface area (Å²) in [6, 6.07) is -0.168. The summed E-state index contributed by atoms with van der Waals surface area (Å²) < 4.78 is 0. The molecule has 2 aliphatic heterocycles. The molecule has 0 aromatic heterocycles. The molecule has 0 aliphatic carbocycles. The number of amidine groups is 4. The van der Waals surface area contributed by atoms with Crippen LogP contribution in [0.5, 0.6) is 0 Å². The predicted octanol–water partition coefficient (Wildman–Crippen LogP) is 0.383. The Balaban J connectivity index is 2.31. The van der Waals surface area contributed by atoms with Crippen LogP contribution < -0.4 is 5.43 Å². The molecule has 1 unspecified atom stereocenters. The molecule has 0 bridgehead atoms. The number of aliphatic imine (C=N–C) groups is 4. The van der Waals surface area contributed by atoms with E-state index in [1.54, 1.807) is 0 Å². The van der Waals surface area contributed by atoms with Gasteiger partial charge >= 0.3 is 0 Å². The third-order valence-electron chi connectivity index (χ3n) is 2.04. The van der Waals surface area contributed by atoms with Gasteiger partial charge in [-0.2, -0.15) is 0 Å². The molecule has 16 heavy (non-hydrogen) atoms. The van der Waals surface area contributed by atoms with Crippen molar-refractivity contribution in [2.45, 2.75) is 13.0 Å². The van der Waals surface area contributed by atoms with E-state index >= 15 is 0 Å². The highest BCUT2D eigenvalue weighted by atomic mass is 32.2. The lowest BCUT2D eigenvalue weighted by Gasteiger charge is -2.21. The van der Waals surface area contributed by atoms with Gasteiger partial charge in [-0.1, -0.05) is 11.8 Å². The number of thioether (sulfide) groups is 1. The van der Waals surface area contributed by atoms with Gasteiger partial charge in [-0.25, -0.2) is 20.0 Å². The Hall–Kier alpha value is -1.21. The molecule has 0 fully saturated rings. The second-order valence-electron chi connectivity index (χ2n) is 3.65. The van der Waals surface area contributed by atoms with E-state index in [1.165, 1.54) is 11.8 Å². The summed E-state index contributed by atoms with van der Waals surface area (Å²) in [7, 11) is 3.82. The van der Waals surface area contributed by atoms with E-state index in [-0.39, 0.29) is 6.04 Å². The molecule has 0 aromatic rings. The number of hydrazine groups is 1. The number of hydrogen-bond donors (Lipinski definition) is 1. The molecular formula is C9H14N6S. The van der Waals surface area contributed by atoms with Gasteiger partial charge in [-0.15, -0.1) is 0 Å². The minimum Gasteiger partial charge on any atom is -0.305 e. The average Bonchev–Trinajstić information content (AvgIpc) is 2.57. The summed E-state index contributed by atoms with van der Waals surface area (Å²) in [5.41, 5.74) is 3.14. The highest BCUT2D eigenvalue weighted by Gasteiger charge is 2.30. The van der Waals surface area contributed by atoms with E-state index in [0.29, 0.717) is 5.17 Å². The maximum Gasteiger partial charge on any atom is 0.190 e. The second kappa shape index (κ2) is 4.34. The zero-order chi connectivity index (χ0) is 11.7. The topological polar surface area (TPSA) is 64.7 Å². The summed E-state index contributed by atoms with van der Waals surface area (Å²) in [6.45, 7) is 1.87. The van der Waals surface area contributed by atoms with Gasteiger partial charge in [0.2, 0.25) is 0 Å². The van der Waals surface area contributed by atoms with Crippen molar-refractivity contribution in [3.8, 4) is 0 Å². The lowest BCUT2D eigenvalue weighted by atomic mass is 10.2. The van der Waals surface area contributed by atoms with Gasteiger partial charge < -0.3 is 5.43 Å². The predicted molar refractivity (Wildman–Crippen MR) is 69.5 cm³/mol. The average molecular weight is 238 g/mol. The van der Waals surface area contributed by atoms with Crippen LogP contribution >= 0.6 is 11.8 Å². The second-order valence-corrected chi connectivity index (χ2v) is 4.42. The van der Waals surface area contributed by atoms with Crippen LogP contribution in [0.4, 0.5) is 0 Å². The van der Waals surface area contributed by atoms with Crippen LogP contribution in [0.25, 0.3) is 0 Å². The molecule has 0 radical (unpaired) electrons. The molecular weight excluding hydrogens is 224 g/mol. The van der Waals surface area contributed by atoms with Gasteiger partial charge in [0.1, 0.15) is 5.84 Å². The lowest BCUT2D eigenvalue weighted by molar-refractivity contribution is 0.359. The molecule has 0 aromatic carbocycles. The molecule has 1 atom stereocenters. The molecule has 86 valence electrons. The van der Waals surface area contributed by atoms with Crippen LogP contribution in [-0.4, -0.2) is 54.1 Å². The summed E-state index contributed by atoms with van der Waals surface area (Å²) in [5, 5.41) is 2.55. The molecule has 0 spiro atoms. The van der Waals surface area contributed by atoms with E-state index in [4.69, 9.17) is 0 Å². The van der Waals surface area contributed by atoms with Crippen LogP contribution in [0.1, 0.15) is 6.92 Å². The molecule has 0 amide bonds. The number of hydrogen-bond acceptors (Lipinski definition) is 7. The monoisotopic (exact) mass is 238 g/mol. The van der Waals surface area contributed by atoms with E-state index < -0.39 is 0 Å². The molecule has 0 saturated heterocycles. The maximum absolute atomic E-state index is 4.41. The molecule has 6 nitrogen and oxygen atoms in total. The van der Waals surface area contributed by atoms with Crippen LogP contribution in [-0.2, 0) is 0 Å². The first-order valence-corrected chi connectivity index (χ1v) is 6.11. The fourth-order valence-electron chi connectivity index (χ4n) is 1.46. The third kappa shape index (κ3) is 2.14. The van der Waals surface area contributed by atoms with Gasteiger partial charge in [0.25, 0.3) is 0 Å². The van der Waals surface area contributed by atoms with Crippen molar-refractivity contribution in [2.75, 3.05) is 20.4 Å². The first-order chi connectivity index (χ1) is 7.60. The summed E-state index contributed by atoms with van der Waals surface area (Å²) in [5.74, 6) is 2.25. The Morgan fingerprint density at radius 2 is 2.00 bits per heavy atom. The first-order valence-electron chi connectivity index (χ1n) is 4.88. The van der Waals surface area contributed by atoms with Crippen molar-refractivity contribution < 1.29 is 0 Å². The van der Waals surface area contributed by atoms with E-state index in [2.05, 4.69) is 25.4 Å². The van der Waals surface area contributed by atoms with Crippen molar-refractivity contribution in [1.82, 2.24) is 10.4 Å². The first kappa shape index (κ1) is 11.3. The Kier molecular flexibility index (Phi) is 3.06. The number of nitrogens with one attached hydrogen (secondary N) is 1. The lowest BCUT2D eigenvalue weighted by Crippen LogP contribution is -2.46. The van der Waals surface area contributed by atoms with Crippen molar-refractivity contribution in [3.05, 3.63) is 0 Å². The molecule has 0 saturated carbocycles. The minimum absolute atomic E-state index is 0.168. The van der Waals surface area contributed by atoms with Crippen molar-refractivity contribution in [2.24, 2.45) is 20.0 Å². The Morgan fingerprint density at radius 1 is 1.25 bits per heavy atom. The smallest absolute Gasteiger partial charge is 0.190 e. The SMILES string of the molecule is CSC1=NC2=NC(C)=NC2C(NN(C)C)=N1. The minimum atomic E-state index is -0.168. The molecule has 2 rings (SSSR count). The van der Waals surface area contributed by atoms with Crippen molar-refractivity contribution in [3.63, 3.8) is 0 Å². The van der Waals surface area contributed by atoms with Gasteiger partial charge in [0.05, 0.1) is 0 Å². The van der Waals surface area contributed by atoms with Gasteiger partial charge in [0, 0.05) is 14.1 Å². The highest BCUT2D eigenvalue weighted by Crippen LogP contribution is 2.16. The highest BCUT2D eigenvalue weighted by molar-refractivity contribution is 8.13. The summed E-state index contributed by atoms with van der Waals surface area (Å²) >= 11 is 1.50. The maximum atomic E-state index is 4.41. The van der Waals surface area contributed by atoms with Gasteiger partial charge in [-0.3, -0.25) is 4.99 Å². The Bertz CT molecular complexity index is 420. The normalized spacial score (nSPS) is 23.4. The van der Waals surface area contributed by atoms with E-state index in [1.807, 2.05) is 32.3 Å². The zero-order valence-electron chi connectivity index (χ0n) is 9.72. The molecule has 2 aliphatic rings. The Morgan fingerprint density at radius 3 is 2.62 bits per heavy atom.